The SMILES string of the molecule is CNC(=O)C(C)(C)CNS(=O)(=O)c1ccsc1C(=O)O. The van der Waals surface area contributed by atoms with Gasteiger partial charge in [0.05, 0.1) is 5.41 Å². The number of aromatic carboxylic acids is 1. The van der Waals surface area contributed by atoms with Crippen LogP contribution in [-0.4, -0.2) is 39.0 Å². The summed E-state index contributed by atoms with van der Waals surface area (Å²) < 4.78 is 26.4. The fourth-order valence-electron chi connectivity index (χ4n) is 1.44. The summed E-state index contributed by atoms with van der Waals surface area (Å²) in [4.78, 5) is 22.0. The number of carboxylic acids is 1. The van der Waals surface area contributed by atoms with Crippen molar-refractivity contribution in [3.05, 3.63) is 16.3 Å². The first-order valence-corrected chi connectivity index (χ1v) is 8.01. The predicted octanol–water partition coefficient (Wildman–Crippen LogP) is 0.497. The molecule has 0 unspecified atom stereocenters. The summed E-state index contributed by atoms with van der Waals surface area (Å²) in [7, 11) is -2.51. The highest BCUT2D eigenvalue weighted by atomic mass is 32.2. The molecule has 0 aliphatic heterocycles. The van der Waals surface area contributed by atoms with Crippen molar-refractivity contribution in [1.82, 2.24) is 10.0 Å². The Hall–Kier alpha value is -1.45. The monoisotopic (exact) mass is 320 g/mol. The standard InChI is InChI=1S/C11H16N2O5S2/c1-11(2,10(16)12-3)6-13-20(17,18)7-4-5-19-8(7)9(14)15/h4-5,13H,6H2,1-3H3,(H,12,16)(H,14,15). The van der Waals surface area contributed by atoms with E-state index in [-0.39, 0.29) is 22.2 Å². The maximum Gasteiger partial charge on any atom is 0.347 e. The van der Waals surface area contributed by atoms with Crippen LogP contribution in [-0.2, 0) is 14.8 Å². The molecule has 0 saturated heterocycles. The van der Waals surface area contributed by atoms with Gasteiger partial charge in [0.25, 0.3) is 0 Å². The van der Waals surface area contributed by atoms with Crippen LogP contribution in [0.25, 0.3) is 0 Å². The van der Waals surface area contributed by atoms with Gasteiger partial charge in [-0.05, 0) is 25.3 Å². The quantitative estimate of drug-likeness (QED) is 0.706. The van der Waals surface area contributed by atoms with E-state index in [1.807, 2.05) is 0 Å². The molecule has 112 valence electrons. The molecule has 1 rings (SSSR count). The number of carboxylic acid groups (broad SMARTS) is 1. The first kappa shape index (κ1) is 16.6. The van der Waals surface area contributed by atoms with Crippen LogP contribution in [0, 0.1) is 5.41 Å². The van der Waals surface area contributed by atoms with Gasteiger partial charge in [-0.3, -0.25) is 4.79 Å². The Morgan fingerprint density at radius 2 is 2.00 bits per heavy atom. The van der Waals surface area contributed by atoms with Gasteiger partial charge >= 0.3 is 5.97 Å². The molecule has 1 heterocycles. The van der Waals surface area contributed by atoms with E-state index in [1.165, 1.54) is 18.5 Å². The zero-order chi connectivity index (χ0) is 15.6. The van der Waals surface area contributed by atoms with Crippen LogP contribution in [0.3, 0.4) is 0 Å². The van der Waals surface area contributed by atoms with Crippen molar-refractivity contribution >= 4 is 33.2 Å². The fraction of sp³-hybridized carbons (Fsp3) is 0.455. The lowest BCUT2D eigenvalue weighted by Crippen LogP contribution is -2.43. The molecule has 0 spiro atoms. The van der Waals surface area contributed by atoms with E-state index in [9.17, 15) is 18.0 Å². The normalized spacial score (nSPS) is 12.2. The van der Waals surface area contributed by atoms with E-state index in [2.05, 4.69) is 10.0 Å². The number of carbonyl (C=O) groups excluding carboxylic acids is 1. The summed E-state index contributed by atoms with van der Waals surface area (Å²) in [6.07, 6.45) is 0. The van der Waals surface area contributed by atoms with Gasteiger partial charge in [-0.2, -0.15) is 0 Å². The van der Waals surface area contributed by atoms with Crippen LogP contribution in [0.4, 0.5) is 0 Å². The minimum atomic E-state index is -3.97. The van der Waals surface area contributed by atoms with E-state index in [0.29, 0.717) is 0 Å². The van der Waals surface area contributed by atoms with Gasteiger partial charge in [-0.1, -0.05) is 0 Å². The van der Waals surface area contributed by atoms with Gasteiger partial charge in [-0.25, -0.2) is 17.9 Å². The summed E-state index contributed by atoms with van der Waals surface area (Å²) in [5.74, 6) is -1.62. The van der Waals surface area contributed by atoms with E-state index in [4.69, 9.17) is 5.11 Å². The van der Waals surface area contributed by atoms with Crippen molar-refractivity contribution < 1.29 is 23.1 Å². The second-order valence-electron chi connectivity index (χ2n) is 4.71. The third kappa shape index (κ3) is 3.56. The largest absolute Gasteiger partial charge is 0.477 e. The van der Waals surface area contributed by atoms with Crippen molar-refractivity contribution in [3.63, 3.8) is 0 Å². The van der Waals surface area contributed by atoms with Crippen molar-refractivity contribution in [2.45, 2.75) is 18.7 Å². The van der Waals surface area contributed by atoms with Crippen LogP contribution in [0.15, 0.2) is 16.3 Å². The molecule has 0 bridgehead atoms. The Labute approximate surface area is 121 Å². The third-order valence-electron chi connectivity index (χ3n) is 2.66. The zero-order valence-electron chi connectivity index (χ0n) is 11.3. The van der Waals surface area contributed by atoms with Crippen molar-refractivity contribution in [2.24, 2.45) is 5.41 Å². The lowest BCUT2D eigenvalue weighted by Gasteiger charge is -2.22. The number of amides is 1. The van der Waals surface area contributed by atoms with Gasteiger partial charge in [0.2, 0.25) is 15.9 Å². The number of nitrogens with one attached hydrogen (secondary N) is 2. The molecule has 0 aliphatic rings. The number of hydrogen-bond acceptors (Lipinski definition) is 5. The molecule has 0 fully saturated rings. The van der Waals surface area contributed by atoms with E-state index >= 15 is 0 Å². The Morgan fingerprint density at radius 3 is 2.50 bits per heavy atom. The van der Waals surface area contributed by atoms with Gasteiger partial charge in [0.15, 0.2) is 0 Å². The molecule has 0 radical (unpaired) electrons. The second kappa shape index (κ2) is 5.90. The number of rotatable bonds is 6. The first-order chi connectivity index (χ1) is 9.12. The van der Waals surface area contributed by atoms with Crippen molar-refractivity contribution in [2.75, 3.05) is 13.6 Å². The van der Waals surface area contributed by atoms with Crippen LogP contribution in [0.1, 0.15) is 23.5 Å². The summed E-state index contributed by atoms with van der Waals surface area (Å²) in [6, 6.07) is 1.23. The summed E-state index contributed by atoms with van der Waals surface area (Å²) in [5.41, 5.74) is -0.943. The maximum absolute atomic E-state index is 12.1. The predicted molar refractivity (Wildman–Crippen MR) is 74.3 cm³/mol. The average molecular weight is 320 g/mol. The van der Waals surface area contributed by atoms with Crippen LogP contribution < -0.4 is 10.0 Å². The zero-order valence-corrected chi connectivity index (χ0v) is 12.9. The van der Waals surface area contributed by atoms with Crippen molar-refractivity contribution in [1.29, 1.82) is 0 Å². The molecule has 3 N–H and O–H groups in total. The highest BCUT2D eigenvalue weighted by Gasteiger charge is 2.30. The summed E-state index contributed by atoms with van der Waals surface area (Å²) >= 11 is 0.831. The topological polar surface area (TPSA) is 113 Å². The second-order valence-corrected chi connectivity index (χ2v) is 7.36. The van der Waals surface area contributed by atoms with Crippen molar-refractivity contribution in [3.8, 4) is 0 Å². The number of carbonyl (C=O) groups is 2. The molecule has 0 atom stereocenters. The maximum atomic E-state index is 12.1. The van der Waals surface area contributed by atoms with Crippen LogP contribution >= 0.6 is 11.3 Å². The minimum Gasteiger partial charge on any atom is -0.477 e. The van der Waals surface area contributed by atoms with Gasteiger partial charge in [-0.15, -0.1) is 11.3 Å². The summed E-state index contributed by atoms with van der Waals surface area (Å²) in [5, 5.41) is 12.8. The molecule has 1 aromatic rings. The number of sulfonamides is 1. The smallest absolute Gasteiger partial charge is 0.347 e. The van der Waals surface area contributed by atoms with E-state index in [0.717, 1.165) is 11.3 Å². The fourth-order valence-corrected chi connectivity index (χ4v) is 3.91. The molecule has 0 saturated carbocycles. The highest BCUT2D eigenvalue weighted by Crippen LogP contribution is 2.23. The Kier molecular flexibility index (Phi) is 4.90. The minimum absolute atomic E-state index is 0.135. The molecule has 20 heavy (non-hydrogen) atoms. The van der Waals surface area contributed by atoms with E-state index in [1.54, 1.807) is 13.8 Å². The first-order valence-electron chi connectivity index (χ1n) is 5.64. The van der Waals surface area contributed by atoms with E-state index < -0.39 is 21.4 Å². The van der Waals surface area contributed by atoms with Gasteiger partial charge < -0.3 is 10.4 Å². The Morgan fingerprint density at radius 1 is 1.40 bits per heavy atom. The average Bonchev–Trinajstić information content (AvgIpc) is 2.85. The molecule has 1 aromatic heterocycles. The summed E-state index contributed by atoms with van der Waals surface area (Å²) in [6.45, 7) is 3.03. The highest BCUT2D eigenvalue weighted by molar-refractivity contribution is 7.89. The Bertz CT molecular complexity index is 619. The lowest BCUT2D eigenvalue weighted by atomic mass is 9.93. The number of hydrogen-bond donors (Lipinski definition) is 3. The van der Waals surface area contributed by atoms with Gasteiger partial charge in [0, 0.05) is 13.6 Å². The molecule has 9 heteroatoms. The molecule has 7 nitrogen and oxygen atoms in total. The van der Waals surface area contributed by atoms with Crippen LogP contribution in [0.2, 0.25) is 0 Å². The molecule has 0 aliphatic carbocycles. The third-order valence-corrected chi connectivity index (χ3v) is 5.13. The van der Waals surface area contributed by atoms with Crippen LogP contribution in [0.5, 0.6) is 0 Å². The lowest BCUT2D eigenvalue weighted by molar-refractivity contribution is -0.128. The molecule has 1 amide bonds. The molecular formula is C11H16N2O5S2. The van der Waals surface area contributed by atoms with Gasteiger partial charge in [0.1, 0.15) is 9.77 Å². The molecular weight excluding hydrogens is 304 g/mol. The number of thiophene rings is 1. The molecule has 0 aromatic carbocycles. The Balaban J connectivity index is 2.94.